The molecule has 0 radical (unpaired) electrons. The van der Waals surface area contributed by atoms with Crippen LogP contribution in [0.15, 0.2) is 71.3 Å². The standard InChI is InChI=1S/C37H34Cl2N4O9/c1-19(2)33(42-35(48)22-7-8-29-30(13-22)52-18-51-29)37(49)43(26-11-20-5-3-4-6-21(20)12-26)16-31(44)40-27(15-32(45)46)34(47)36-41-28(17-50-36)23-9-24(38)14-25(39)10-23/h3-10,13-14,17,19,26-27,33H,11-12,15-16,18H2,1-2H3,(H,40,44)(H,42,48)(H,45,46)/t27-,33-/m0/s1. The van der Waals surface area contributed by atoms with E-state index in [1.807, 2.05) is 24.3 Å². The SMILES string of the molecule is CC(C)[C@H](NC(=O)c1ccc2c(c1)OCO2)C(=O)N(CC(=O)N[C@@H](CC(=O)O)C(=O)c1nc(-c2cc(Cl)cc(Cl)c2)co1)C1Cc2ccccc2C1. The lowest BCUT2D eigenvalue weighted by molar-refractivity contribution is -0.141. The first-order chi connectivity index (χ1) is 24.9. The number of oxazole rings is 1. The van der Waals surface area contributed by atoms with Crippen LogP contribution in [0.25, 0.3) is 11.3 Å². The van der Waals surface area contributed by atoms with E-state index >= 15 is 0 Å². The number of aliphatic carboxylic acids is 1. The van der Waals surface area contributed by atoms with Crippen molar-refractivity contribution in [1.29, 1.82) is 0 Å². The molecule has 0 unspecified atom stereocenters. The molecule has 270 valence electrons. The highest BCUT2D eigenvalue weighted by Gasteiger charge is 2.38. The number of ether oxygens (including phenoxy) is 2. The summed E-state index contributed by atoms with van der Waals surface area (Å²) in [6.07, 6.45) is 1.30. The Morgan fingerprint density at radius 2 is 1.60 bits per heavy atom. The largest absolute Gasteiger partial charge is 0.481 e. The van der Waals surface area contributed by atoms with E-state index in [9.17, 15) is 29.1 Å². The fraction of sp³-hybridized carbons (Fsp3) is 0.297. The van der Waals surface area contributed by atoms with Crippen LogP contribution in [0, 0.1) is 5.92 Å². The van der Waals surface area contributed by atoms with Crippen LogP contribution in [0.5, 0.6) is 11.5 Å². The number of amides is 3. The smallest absolute Gasteiger partial charge is 0.305 e. The Balaban J connectivity index is 1.22. The summed E-state index contributed by atoms with van der Waals surface area (Å²) in [6, 6.07) is 13.9. The third kappa shape index (κ3) is 8.21. The summed E-state index contributed by atoms with van der Waals surface area (Å²) in [5, 5.41) is 15.6. The number of carbonyl (C=O) groups is 5. The normalized spacial score (nSPS) is 14.4. The number of ketones is 1. The fourth-order valence-electron chi connectivity index (χ4n) is 6.25. The van der Waals surface area contributed by atoms with Gasteiger partial charge in [-0.05, 0) is 66.3 Å². The van der Waals surface area contributed by atoms with Gasteiger partial charge in [0.2, 0.25) is 24.4 Å². The van der Waals surface area contributed by atoms with Crippen molar-refractivity contribution in [2.45, 2.75) is 51.2 Å². The molecule has 1 aliphatic carbocycles. The molecule has 4 aromatic rings. The quantitative estimate of drug-likeness (QED) is 0.158. The first-order valence-electron chi connectivity index (χ1n) is 16.4. The summed E-state index contributed by atoms with van der Waals surface area (Å²) in [7, 11) is 0. The second-order valence-corrected chi connectivity index (χ2v) is 13.7. The van der Waals surface area contributed by atoms with Gasteiger partial charge in [-0.25, -0.2) is 4.98 Å². The summed E-state index contributed by atoms with van der Waals surface area (Å²) in [5.41, 5.74) is 2.94. The molecule has 3 amide bonds. The number of benzene rings is 3. The number of carbonyl (C=O) groups excluding carboxylic acids is 4. The van der Waals surface area contributed by atoms with Gasteiger partial charge < -0.3 is 34.5 Å². The Bertz CT molecular complexity index is 2000. The van der Waals surface area contributed by atoms with Crippen LogP contribution in [0.3, 0.4) is 0 Å². The number of fused-ring (bicyclic) bond motifs is 2. The number of Topliss-reactive ketones (excluding diaryl/α,β-unsaturated/α-hetero) is 1. The van der Waals surface area contributed by atoms with Gasteiger partial charge in [0.25, 0.3) is 11.8 Å². The Labute approximate surface area is 308 Å². The van der Waals surface area contributed by atoms with E-state index < -0.39 is 72.4 Å². The molecular weight excluding hydrogens is 715 g/mol. The van der Waals surface area contributed by atoms with E-state index in [0.717, 1.165) is 11.1 Å². The van der Waals surface area contributed by atoms with Crippen molar-refractivity contribution in [3.8, 4) is 22.8 Å². The molecule has 0 saturated carbocycles. The highest BCUT2D eigenvalue weighted by molar-refractivity contribution is 6.35. The fourth-order valence-corrected chi connectivity index (χ4v) is 6.77. The van der Waals surface area contributed by atoms with E-state index in [2.05, 4.69) is 15.6 Å². The van der Waals surface area contributed by atoms with Crippen molar-refractivity contribution in [2.24, 2.45) is 5.92 Å². The molecule has 1 aliphatic heterocycles. The van der Waals surface area contributed by atoms with Crippen LogP contribution in [-0.2, 0) is 27.2 Å². The van der Waals surface area contributed by atoms with Crippen LogP contribution in [0.2, 0.25) is 10.0 Å². The van der Waals surface area contributed by atoms with Gasteiger partial charge in [0, 0.05) is 27.2 Å². The van der Waals surface area contributed by atoms with Crippen LogP contribution < -0.4 is 20.1 Å². The van der Waals surface area contributed by atoms with Gasteiger partial charge in [0.05, 0.1) is 13.0 Å². The zero-order valence-corrected chi connectivity index (χ0v) is 29.6. The van der Waals surface area contributed by atoms with Crippen molar-refractivity contribution in [1.82, 2.24) is 20.5 Å². The number of halogens is 2. The lowest BCUT2D eigenvalue weighted by atomic mass is 10.00. The average molecular weight is 750 g/mol. The number of rotatable bonds is 13. The lowest BCUT2D eigenvalue weighted by Crippen LogP contribution is -2.57. The van der Waals surface area contributed by atoms with Crippen molar-refractivity contribution in [3.63, 3.8) is 0 Å². The second kappa shape index (κ2) is 15.5. The Hall–Kier alpha value is -5.40. The van der Waals surface area contributed by atoms with Crippen LogP contribution >= 0.6 is 23.2 Å². The van der Waals surface area contributed by atoms with Gasteiger partial charge in [0.15, 0.2) is 11.5 Å². The van der Waals surface area contributed by atoms with Gasteiger partial charge >= 0.3 is 5.97 Å². The van der Waals surface area contributed by atoms with Crippen LogP contribution in [0.4, 0.5) is 0 Å². The third-order valence-electron chi connectivity index (χ3n) is 8.83. The molecule has 3 aromatic carbocycles. The predicted molar refractivity (Wildman–Crippen MR) is 188 cm³/mol. The molecule has 0 fully saturated rings. The number of carboxylic acids is 1. The first-order valence-corrected chi connectivity index (χ1v) is 17.2. The average Bonchev–Trinajstić information content (AvgIpc) is 3.87. The van der Waals surface area contributed by atoms with Crippen molar-refractivity contribution in [3.05, 3.63) is 99.6 Å². The molecule has 13 nitrogen and oxygen atoms in total. The van der Waals surface area contributed by atoms with Crippen molar-refractivity contribution in [2.75, 3.05) is 13.3 Å². The molecule has 2 atom stereocenters. The molecule has 0 saturated heterocycles. The first kappa shape index (κ1) is 36.4. The predicted octanol–water partition coefficient (Wildman–Crippen LogP) is 4.97. The summed E-state index contributed by atoms with van der Waals surface area (Å²) in [6.45, 7) is 3.05. The Kier molecular flexibility index (Phi) is 10.8. The maximum absolute atomic E-state index is 14.4. The van der Waals surface area contributed by atoms with Crippen molar-refractivity contribution >= 4 is 52.7 Å². The number of nitrogens with one attached hydrogen (secondary N) is 2. The molecule has 2 aliphatic rings. The molecule has 0 bridgehead atoms. The van der Waals surface area contributed by atoms with E-state index in [-0.39, 0.29) is 18.1 Å². The monoisotopic (exact) mass is 748 g/mol. The van der Waals surface area contributed by atoms with Gasteiger partial charge in [-0.15, -0.1) is 0 Å². The van der Waals surface area contributed by atoms with Gasteiger partial charge in [-0.3, -0.25) is 24.0 Å². The lowest BCUT2D eigenvalue weighted by Gasteiger charge is -2.34. The number of aromatic nitrogens is 1. The zero-order chi connectivity index (χ0) is 37.1. The molecule has 6 rings (SSSR count). The Morgan fingerprint density at radius 3 is 2.25 bits per heavy atom. The molecule has 52 heavy (non-hydrogen) atoms. The highest BCUT2D eigenvalue weighted by Crippen LogP contribution is 2.33. The maximum atomic E-state index is 14.4. The molecule has 1 aromatic heterocycles. The minimum absolute atomic E-state index is 0.0324. The number of hydrogen-bond acceptors (Lipinski definition) is 9. The van der Waals surface area contributed by atoms with E-state index in [0.29, 0.717) is 39.9 Å². The number of carboxylic acid groups (broad SMARTS) is 1. The molecule has 3 N–H and O–H groups in total. The highest BCUT2D eigenvalue weighted by atomic mass is 35.5. The van der Waals surface area contributed by atoms with E-state index in [1.165, 1.54) is 23.3 Å². The minimum atomic E-state index is -1.58. The zero-order valence-electron chi connectivity index (χ0n) is 28.1. The molecule has 15 heteroatoms. The number of hydrogen-bond donors (Lipinski definition) is 3. The maximum Gasteiger partial charge on any atom is 0.305 e. The summed E-state index contributed by atoms with van der Waals surface area (Å²) in [4.78, 5) is 72.5. The van der Waals surface area contributed by atoms with Crippen LogP contribution in [0.1, 0.15) is 52.4 Å². The number of nitrogens with zero attached hydrogens (tertiary/aromatic N) is 2. The molecule has 0 spiro atoms. The minimum Gasteiger partial charge on any atom is -0.481 e. The topological polar surface area (TPSA) is 177 Å². The van der Waals surface area contributed by atoms with E-state index in [1.54, 1.807) is 38.1 Å². The third-order valence-corrected chi connectivity index (χ3v) is 9.26. The molecular formula is C37H34Cl2N4O9. The molecule has 2 heterocycles. The van der Waals surface area contributed by atoms with Gasteiger partial charge in [-0.1, -0.05) is 61.3 Å². The van der Waals surface area contributed by atoms with Crippen molar-refractivity contribution < 1.29 is 43.0 Å². The van der Waals surface area contributed by atoms with Gasteiger partial charge in [-0.2, -0.15) is 0 Å². The summed E-state index contributed by atoms with van der Waals surface area (Å²) < 4.78 is 16.1. The Morgan fingerprint density at radius 1 is 0.923 bits per heavy atom. The summed E-state index contributed by atoms with van der Waals surface area (Å²) in [5.74, 6) is -4.02. The van der Waals surface area contributed by atoms with Gasteiger partial charge in [0.1, 0.15) is 24.0 Å². The summed E-state index contributed by atoms with van der Waals surface area (Å²) >= 11 is 12.2. The second-order valence-electron chi connectivity index (χ2n) is 12.8. The van der Waals surface area contributed by atoms with Crippen LogP contribution in [-0.4, -0.2) is 75.9 Å². The van der Waals surface area contributed by atoms with E-state index in [4.69, 9.17) is 37.1 Å².